The van der Waals surface area contributed by atoms with Crippen LogP contribution >= 0.6 is 22.9 Å². The minimum Gasteiger partial charge on any atom is -0.365 e. The van der Waals surface area contributed by atoms with Crippen LogP contribution in [-0.2, 0) is 14.1 Å². The normalized spacial score (nSPS) is 11.5. The third-order valence-electron chi connectivity index (χ3n) is 4.89. The molecule has 2 amide bonds. The molecule has 9 nitrogen and oxygen atoms in total. The molecule has 13 heteroatoms. The number of fused-ring (bicyclic) bond motifs is 1. The summed E-state index contributed by atoms with van der Waals surface area (Å²) >= 11 is 6.88. The summed E-state index contributed by atoms with van der Waals surface area (Å²) in [6.07, 6.45) is 0.111. The number of amides is 2. The van der Waals surface area contributed by atoms with E-state index in [1.807, 2.05) is 0 Å². The summed E-state index contributed by atoms with van der Waals surface area (Å²) in [5.41, 5.74) is 6.61. The number of primary amides is 1. The van der Waals surface area contributed by atoms with E-state index in [0.717, 1.165) is 11.3 Å². The van der Waals surface area contributed by atoms with E-state index in [2.05, 4.69) is 20.5 Å². The van der Waals surface area contributed by atoms with Crippen LogP contribution in [-0.4, -0.2) is 36.4 Å². The second-order valence-corrected chi connectivity index (χ2v) is 8.37. The van der Waals surface area contributed by atoms with Gasteiger partial charge in [-0.2, -0.15) is 10.2 Å². The highest BCUT2D eigenvalue weighted by molar-refractivity contribution is 7.21. The maximum absolute atomic E-state index is 13.6. The number of hydrogen-bond donors (Lipinski definition) is 2. The molecule has 3 N–H and O–H groups in total. The fourth-order valence-corrected chi connectivity index (χ4v) is 4.56. The zero-order chi connectivity index (χ0) is 23.3. The molecule has 166 valence electrons. The van der Waals surface area contributed by atoms with Crippen LogP contribution in [0.3, 0.4) is 0 Å². The van der Waals surface area contributed by atoms with Crippen molar-refractivity contribution in [1.29, 1.82) is 0 Å². The van der Waals surface area contributed by atoms with Crippen LogP contribution in [0.1, 0.15) is 38.0 Å². The van der Waals surface area contributed by atoms with Gasteiger partial charge in [0, 0.05) is 36.9 Å². The smallest absolute Gasteiger partial charge is 0.280 e. The van der Waals surface area contributed by atoms with Crippen LogP contribution in [0.5, 0.6) is 0 Å². The first-order valence-corrected chi connectivity index (χ1v) is 10.3. The Morgan fingerprint density at radius 2 is 2.00 bits per heavy atom. The van der Waals surface area contributed by atoms with Gasteiger partial charge in [-0.15, -0.1) is 11.3 Å². The van der Waals surface area contributed by atoms with Gasteiger partial charge in [-0.25, -0.2) is 13.8 Å². The van der Waals surface area contributed by atoms with Gasteiger partial charge in [0.25, 0.3) is 18.2 Å². The number of carbonyl (C=O) groups excluding carboxylic acids is 2. The van der Waals surface area contributed by atoms with Crippen molar-refractivity contribution in [3.63, 3.8) is 0 Å². The van der Waals surface area contributed by atoms with E-state index in [-0.39, 0.29) is 26.1 Å². The van der Waals surface area contributed by atoms with Crippen molar-refractivity contribution < 1.29 is 18.4 Å². The van der Waals surface area contributed by atoms with Crippen molar-refractivity contribution in [3.05, 3.63) is 45.4 Å². The molecule has 32 heavy (non-hydrogen) atoms. The predicted octanol–water partition coefficient (Wildman–Crippen LogP) is 3.68. The number of carbonyl (C=O) groups is 2. The van der Waals surface area contributed by atoms with E-state index < -0.39 is 23.9 Å². The molecule has 4 heterocycles. The number of rotatable bonds is 5. The summed E-state index contributed by atoms with van der Waals surface area (Å²) in [5.74, 6) is -1.53. The lowest BCUT2D eigenvalue weighted by molar-refractivity contribution is 0.100. The molecule has 4 aromatic rings. The third kappa shape index (κ3) is 3.60. The van der Waals surface area contributed by atoms with E-state index in [1.54, 1.807) is 25.7 Å². The molecule has 0 spiro atoms. The molecule has 0 saturated carbocycles. The topological polar surface area (TPSA) is 121 Å². The van der Waals surface area contributed by atoms with Gasteiger partial charge in [0.05, 0.1) is 16.9 Å². The van der Waals surface area contributed by atoms with Gasteiger partial charge in [0.1, 0.15) is 15.4 Å². The molecule has 0 aliphatic rings. The van der Waals surface area contributed by atoms with Gasteiger partial charge >= 0.3 is 0 Å². The Kier molecular flexibility index (Phi) is 5.42. The van der Waals surface area contributed by atoms with Crippen molar-refractivity contribution >= 4 is 50.7 Å². The van der Waals surface area contributed by atoms with E-state index in [9.17, 15) is 18.4 Å². The molecular weight excluding hydrogens is 464 g/mol. The summed E-state index contributed by atoms with van der Waals surface area (Å²) in [7, 11) is 3.30. The summed E-state index contributed by atoms with van der Waals surface area (Å²) in [6.45, 7) is 1.77. The molecule has 0 aromatic carbocycles. The van der Waals surface area contributed by atoms with E-state index in [0.29, 0.717) is 22.2 Å². The molecule has 4 aromatic heterocycles. The highest BCUT2D eigenvalue weighted by Gasteiger charge is 2.27. The number of anilines is 1. The molecule has 0 aliphatic carbocycles. The van der Waals surface area contributed by atoms with Gasteiger partial charge in [-0.05, 0) is 18.6 Å². The van der Waals surface area contributed by atoms with Gasteiger partial charge in [0.2, 0.25) is 0 Å². The van der Waals surface area contributed by atoms with E-state index in [4.69, 9.17) is 17.3 Å². The Hall–Kier alpha value is -3.38. The van der Waals surface area contributed by atoms with Crippen molar-refractivity contribution in [3.8, 4) is 11.1 Å². The molecule has 0 fully saturated rings. The number of halogens is 3. The number of nitrogens with two attached hydrogens (primary N) is 1. The zero-order valence-electron chi connectivity index (χ0n) is 17.0. The first-order valence-electron chi connectivity index (χ1n) is 9.13. The number of nitrogens with zero attached hydrogens (tertiary/aromatic N) is 5. The third-order valence-corrected chi connectivity index (χ3v) is 6.27. The Balaban J connectivity index is 2.00. The van der Waals surface area contributed by atoms with Crippen molar-refractivity contribution in [1.82, 2.24) is 24.5 Å². The molecule has 0 unspecified atom stereocenters. The lowest BCUT2D eigenvalue weighted by Gasteiger charge is -2.10. The lowest BCUT2D eigenvalue weighted by Crippen LogP contribution is -2.17. The molecule has 0 saturated heterocycles. The first kappa shape index (κ1) is 21.8. The molecule has 4 rings (SSSR count). The number of pyridine rings is 1. The average molecular weight is 480 g/mol. The number of hydrogen-bond acceptors (Lipinski definition) is 6. The molecule has 0 radical (unpaired) electrons. The van der Waals surface area contributed by atoms with Crippen LogP contribution in [0.25, 0.3) is 21.3 Å². The second-order valence-electron chi connectivity index (χ2n) is 6.97. The maximum atomic E-state index is 13.6. The Morgan fingerprint density at radius 3 is 2.53 bits per heavy atom. The van der Waals surface area contributed by atoms with Gasteiger partial charge in [-0.3, -0.25) is 19.0 Å². The Morgan fingerprint density at radius 1 is 1.28 bits per heavy atom. The number of thiophene rings is 1. The molecule has 0 atom stereocenters. The highest BCUT2D eigenvalue weighted by Crippen LogP contribution is 2.43. The summed E-state index contributed by atoms with van der Waals surface area (Å²) in [6, 6.07) is 1.22. The molecular formula is C19H16ClF2N7O2S. The van der Waals surface area contributed by atoms with Gasteiger partial charge < -0.3 is 11.1 Å². The summed E-state index contributed by atoms with van der Waals surface area (Å²) in [5, 5.41) is 11.2. The predicted molar refractivity (Wildman–Crippen MR) is 116 cm³/mol. The van der Waals surface area contributed by atoms with Gasteiger partial charge in [0.15, 0.2) is 5.69 Å². The van der Waals surface area contributed by atoms with Crippen LogP contribution in [0.4, 0.5) is 14.5 Å². The zero-order valence-corrected chi connectivity index (χ0v) is 18.6. The van der Waals surface area contributed by atoms with Crippen LogP contribution in [0, 0.1) is 6.92 Å². The highest BCUT2D eigenvalue weighted by atomic mass is 35.5. The standard InChI is InChI=1S/C19H16ClF2N7O2S/c1-7-9(5-24-29(7)3)8-4-11(16(21)22)25-19-12(8)14(15(32-19)17(23)30)26-18(31)13-10(20)6-28(2)27-13/h4-6,16H,1-3H3,(H2,23,30)(H,26,31). The SMILES string of the molecule is Cc1c(-c2cc(C(F)F)nc3sc(C(N)=O)c(NC(=O)c4nn(C)cc4Cl)c23)cnn1C. The average Bonchev–Trinajstić information content (AvgIpc) is 3.37. The minimum absolute atomic E-state index is 0.0397. The number of aromatic nitrogens is 5. The number of nitrogens with one attached hydrogen (secondary N) is 1. The van der Waals surface area contributed by atoms with Crippen LogP contribution < -0.4 is 11.1 Å². The fraction of sp³-hybridized carbons (Fsp3) is 0.211. The largest absolute Gasteiger partial charge is 0.365 e. The summed E-state index contributed by atoms with van der Waals surface area (Å²) in [4.78, 5) is 29.1. The molecule has 0 aliphatic heterocycles. The Labute approximate surface area is 188 Å². The number of alkyl halides is 2. The van der Waals surface area contributed by atoms with E-state index in [1.165, 1.54) is 23.1 Å². The number of aryl methyl sites for hydroxylation is 2. The lowest BCUT2D eigenvalue weighted by atomic mass is 10.0. The second kappa shape index (κ2) is 7.95. The first-order chi connectivity index (χ1) is 15.1. The monoisotopic (exact) mass is 479 g/mol. The molecule has 0 bridgehead atoms. The summed E-state index contributed by atoms with van der Waals surface area (Å²) < 4.78 is 30.1. The van der Waals surface area contributed by atoms with E-state index >= 15 is 0 Å². The fourth-order valence-electron chi connectivity index (χ4n) is 3.28. The minimum atomic E-state index is -2.85. The van der Waals surface area contributed by atoms with Crippen LogP contribution in [0.2, 0.25) is 5.02 Å². The maximum Gasteiger partial charge on any atom is 0.280 e. The van der Waals surface area contributed by atoms with Gasteiger partial charge in [-0.1, -0.05) is 11.6 Å². The van der Waals surface area contributed by atoms with Crippen molar-refractivity contribution in [2.24, 2.45) is 19.8 Å². The van der Waals surface area contributed by atoms with Crippen LogP contribution in [0.15, 0.2) is 18.5 Å². The van der Waals surface area contributed by atoms with Crippen molar-refractivity contribution in [2.75, 3.05) is 5.32 Å². The Bertz CT molecular complexity index is 1390. The quantitative estimate of drug-likeness (QED) is 0.452. The van der Waals surface area contributed by atoms with Crippen molar-refractivity contribution in [2.45, 2.75) is 13.3 Å².